The Labute approximate surface area is 172 Å². The molecule has 0 radical (unpaired) electrons. The smallest absolute Gasteiger partial charge is 0.227 e. The molecule has 0 unspecified atom stereocenters. The van der Waals surface area contributed by atoms with Gasteiger partial charge in [-0.05, 0) is 49.2 Å². The molecule has 2 amide bonds. The third-order valence-corrected chi connectivity index (χ3v) is 5.84. The Kier molecular flexibility index (Phi) is 5.57. The standard InChI is InChI=1S/C20H22N6O2S/c1-14(27)21-16-4-6-17(7-5-16)22-18(28)15-8-12-26(13-9-15)20-24-23-19(29-20)25-10-2-3-11-25/h2-7,10-11,15H,8-9,12-13H2,1H3,(H,21,27)(H,22,28). The Hall–Kier alpha value is -3.20. The van der Waals surface area contributed by atoms with Crippen molar-refractivity contribution >= 4 is 39.7 Å². The second-order valence-electron chi connectivity index (χ2n) is 6.97. The third kappa shape index (κ3) is 4.62. The van der Waals surface area contributed by atoms with E-state index in [1.165, 1.54) is 6.92 Å². The van der Waals surface area contributed by atoms with Crippen LogP contribution in [-0.2, 0) is 9.59 Å². The quantitative estimate of drug-likeness (QED) is 0.674. The molecule has 1 aliphatic rings. The average Bonchev–Trinajstić information content (AvgIpc) is 3.41. The highest BCUT2D eigenvalue weighted by Gasteiger charge is 2.26. The summed E-state index contributed by atoms with van der Waals surface area (Å²) in [5, 5.41) is 16.0. The maximum absolute atomic E-state index is 12.6. The van der Waals surface area contributed by atoms with Gasteiger partial charge in [0, 0.05) is 49.7 Å². The van der Waals surface area contributed by atoms with Crippen molar-refractivity contribution in [1.82, 2.24) is 14.8 Å². The largest absolute Gasteiger partial charge is 0.347 e. The molecule has 0 spiro atoms. The van der Waals surface area contributed by atoms with Crippen LogP contribution in [0.4, 0.5) is 16.5 Å². The number of amides is 2. The van der Waals surface area contributed by atoms with E-state index in [-0.39, 0.29) is 17.7 Å². The molecule has 0 aliphatic carbocycles. The van der Waals surface area contributed by atoms with Crippen molar-refractivity contribution in [2.75, 3.05) is 28.6 Å². The lowest BCUT2D eigenvalue weighted by molar-refractivity contribution is -0.120. The zero-order valence-corrected chi connectivity index (χ0v) is 16.9. The van der Waals surface area contributed by atoms with Crippen molar-refractivity contribution < 1.29 is 9.59 Å². The van der Waals surface area contributed by atoms with Crippen molar-refractivity contribution in [2.45, 2.75) is 19.8 Å². The van der Waals surface area contributed by atoms with Crippen molar-refractivity contribution in [1.29, 1.82) is 0 Å². The molecule has 0 atom stereocenters. The van der Waals surface area contributed by atoms with Crippen molar-refractivity contribution in [3.63, 3.8) is 0 Å². The molecule has 3 heterocycles. The highest BCUT2D eigenvalue weighted by atomic mass is 32.1. The topological polar surface area (TPSA) is 92.2 Å². The van der Waals surface area contributed by atoms with E-state index in [9.17, 15) is 9.59 Å². The SMILES string of the molecule is CC(=O)Nc1ccc(NC(=O)C2CCN(c3nnc(-n4cccc4)s3)CC2)cc1. The number of benzene rings is 1. The van der Waals surface area contributed by atoms with E-state index in [1.54, 1.807) is 35.6 Å². The van der Waals surface area contributed by atoms with E-state index in [0.29, 0.717) is 5.69 Å². The van der Waals surface area contributed by atoms with Crippen molar-refractivity contribution in [2.24, 2.45) is 5.92 Å². The molecule has 4 rings (SSSR count). The Bertz CT molecular complexity index is 975. The van der Waals surface area contributed by atoms with Gasteiger partial charge in [-0.3, -0.25) is 14.2 Å². The van der Waals surface area contributed by atoms with Gasteiger partial charge in [-0.2, -0.15) is 0 Å². The number of hydrogen-bond donors (Lipinski definition) is 2. The number of anilines is 3. The van der Waals surface area contributed by atoms with Gasteiger partial charge in [0.25, 0.3) is 0 Å². The molecule has 150 valence electrons. The summed E-state index contributed by atoms with van der Waals surface area (Å²) in [6.07, 6.45) is 5.44. The van der Waals surface area contributed by atoms with Crippen LogP contribution in [0.25, 0.3) is 5.13 Å². The molecule has 0 bridgehead atoms. The molecule has 1 aliphatic heterocycles. The van der Waals surface area contributed by atoms with Crippen LogP contribution in [0.15, 0.2) is 48.8 Å². The average molecular weight is 411 g/mol. The summed E-state index contributed by atoms with van der Waals surface area (Å²) in [4.78, 5) is 25.9. The van der Waals surface area contributed by atoms with Gasteiger partial charge in [0.05, 0.1) is 0 Å². The summed E-state index contributed by atoms with van der Waals surface area (Å²) in [5.74, 6) is -0.121. The predicted molar refractivity (Wildman–Crippen MR) is 114 cm³/mol. The van der Waals surface area contributed by atoms with E-state index >= 15 is 0 Å². The molecule has 29 heavy (non-hydrogen) atoms. The van der Waals surface area contributed by atoms with Gasteiger partial charge in [-0.15, -0.1) is 10.2 Å². The lowest BCUT2D eigenvalue weighted by Crippen LogP contribution is -2.38. The van der Waals surface area contributed by atoms with Crippen molar-refractivity contribution in [3.8, 4) is 5.13 Å². The number of rotatable bonds is 5. The number of aromatic nitrogens is 3. The number of carbonyl (C=O) groups is 2. The van der Waals surface area contributed by atoms with Gasteiger partial charge in [-0.25, -0.2) is 0 Å². The number of piperidine rings is 1. The Morgan fingerprint density at radius 1 is 0.966 bits per heavy atom. The summed E-state index contributed by atoms with van der Waals surface area (Å²) >= 11 is 1.55. The van der Waals surface area contributed by atoms with Crippen LogP contribution in [-0.4, -0.2) is 39.7 Å². The fourth-order valence-electron chi connectivity index (χ4n) is 3.32. The molecule has 2 N–H and O–H groups in total. The first-order valence-electron chi connectivity index (χ1n) is 9.49. The fourth-order valence-corrected chi connectivity index (χ4v) is 4.19. The summed E-state index contributed by atoms with van der Waals surface area (Å²) in [6.45, 7) is 3.02. The summed E-state index contributed by atoms with van der Waals surface area (Å²) in [6, 6.07) is 11.1. The predicted octanol–water partition coefficient (Wildman–Crippen LogP) is 3.14. The molecule has 1 saturated heterocycles. The molecule has 0 saturated carbocycles. The van der Waals surface area contributed by atoms with Crippen LogP contribution in [0.2, 0.25) is 0 Å². The summed E-state index contributed by atoms with van der Waals surface area (Å²) in [5.41, 5.74) is 1.44. The van der Waals surface area contributed by atoms with Gasteiger partial charge in [0.2, 0.25) is 22.1 Å². The lowest BCUT2D eigenvalue weighted by atomic mass is 9.96. The lowest BCUT2D eigenvalue weighted by Gasteiger charge is -2.30. The van der Waals surface area contributed by atoms with Gasteiger partial charge < -0.3 is 15.5 Å². The minimum Gasteiger partial charge on any atom is -0.347 e. The molecule has 3 aromatic rings. The van der Waals surface area contributed by atoms with E-state index in [4.69, 9.17) is 0 Å². The fraction of sp³-hybridized carbons (Fsp3) is 0.300. The van der Waals surface area contributed by atoms with Crippen LogP contribution in [0.3, 0.4) is 0 Å². The van der Waals surface area contributed by atoms with E-state index in [0.717, 1.165) is 41.9 Å². The normalized spacial score (nSPS) is 14.6. The molecular formula is C20H22N6O2S. The highest BCUT2D eigenvalue weighted by molar-refractivity contribution is 7.17. The van der Waals surface area contributed by atoms with Gasteiger partial charge in [0.1, 0.15) is 0 Å². The summed E-state index contributed by atoms with van der Waals surface area (Å²) in [7, 11) is 0. The molecule has 1 aromatic carbocycles. The minimum atomic E-state index is -0.121. The zero-order chi connectivity index (χ0) is 20.2. The highest BCUT2D eigenvalue weighted by Crippen LogP contribution is 2.28. The van der Waals surface area contributed by atoms with Crippen LogP contribution in [0.1, 0.15) is 19.8 Å². The van der Waals surface area contributed by atoms with Crippen LogP contribution in [0.5, 0.6) is 0 Å². The number of nitrogens with one attached hydrogen (secondary N) is 2. The number of hydrogen-bond acceptors (Lipinski definition) is 6. The first kappa shape index (κ1) is 19.1. The molecule has 1 fully saturated rings. The van der Waals surface area contributed by atoms with Gasteiger partial charge in [0.15, 0.2) is 0 Å². The Balaban J connectivity index is 1.30. The maximum Gasteiger partial charge on any atom is 0.227 e. The van der Waals surface area contributed by atoms with Crippen LogP contribution >= 0.6 is 11.3 Å². The maximum atomic E-state index is 12.6. The second-order valence-corrected chi connectivity index (χ2v) is 7.90. The Morgan fingerprint density at radius 2 is 1.55 bits per heavy atom. The molecule has 8 nitrogen and oxygen atoms in total. The van der Waals surface area contributed by atoms with Gasteiger partial charge >= 0.3 is 0 Å². The van der Waals surface area contributed by atoms with E-state index in [2.05, 4.69) is 25.7 Å². The number of carbonyl (C=O) groups excluding carboxylic acids is 2. The van der Waals surface area contributed by atoms with Crippen LogP contribution < -0.4 is 15.5 Å². The van der Waals surface area contributed by atoms with Gasteiger partial charge in [-0.1, -0.05) is 11.3 Å². The molecule has 9 heteroatoms. The first-order chi connectivity index (χ1) is 14.1. The second kappa shape index (κ2) is 8.44. The van der Waals surface area contributed by atoms with Crippen molar-refractivity contribution in [3.05, 3.63) is 48.8 Å². The molecule has 2 aromatic heterocycles. The summed E-state index contributed by atoms with van der Waals surface area (Å²) < 4.78 is 1.94. The van der Waals surface area contributed by atoms with E-state index in [1.807, 2.05) is 29.1 Å². The zero-order valence-electron chi connectivity index (χ0n) is 16.0. The minimum absolute atomic E-state index is 0.0295. The molecular weight excluding hydrogens is 388 g/mol. The van der Waals surface area contributed by atoms with E-state index < -0.39 is 0 Å². The van der Waals surface area contributed by atoms with Crippen LogP contribution in [0, 0.1) is 5.92 Å². The Morgan fingerprint density at radius 3 is 2.17 bits per heavy atom. The number of nitrogens with zero attached hydrogens (tertiary/aromatic N) is 4. The first-order valence-corrected chi connectivity index (χ1v) is 10.3. The monoisotopic (exact) mass is 410 g/mol. The third-order valence-electron chi connectivity index (χ3n) is 4.84.